The van der Waals surface area contributed by atoms with Gasteiger partial charge in [-0.1, -0.05) is 18.2 Å². The minimum Gasteiger partial charge on any atom is -0.457 e. The van der Waals surface area contributed by atoms with Gasteiger partial charge in [0.2, 0.25) is 5.91 Å². The predicted molar refractivity (Wildman–Crippen MR) is 124 cm³/mol. The summed E-state index contributed by atoms with van der Waals surface area (Å²) in [4.78, 5) is 16.8. The highest BCUT2D eigenvalue weighted by Gasteiger charge is 2.28. The molecule has 1 fully saturated rings. The van der Waals surface area contributed by atoms with E-state index in [2.05, 4.69) is 15.0 Å². The summed E-state index contributed by atoms with van der Waals surface area (Å²) in [6.45, 7) is 0.0750. The number of hydrogen-bond acceptors (Lipinski definition) is 6. The molecule has 1 aliphatic rings. The number of benzene rings is 2. The molecule has 3 aromatic rings. The first-order valence-electron chi connectivity index (χ1n) is 10.3. The number of pyridine rings is 1. The number of sulfonamides is 1. The van der Waals surface area contributed by atoms with Crippen LogP contribution in [0, 0.1) is 5.82 Å². The second-order valence-corrected chi connectivity index (χ2v) is 10.3. The summed E-state index contributed by atoms with van der Waals surface area (Å²) in [6.07, 6.45) is 2.03. The van der Waals surface area contributed by atoms with E-state index < -0.39 is 15.3 Å². The highest BCUT2D eigenvalue weighted by molar-refractivity contribution is 8.00. The van der Waals surface area contributed by atoms with Crippen LogP contribution in [0.15, 0.2) is 78.0 Å². The number of amides is 1. The average Bonchev–Trinajstić information content (AvgIpc) is 3.01. The molecular weight excluding hydrogens is 465 g/mol. The molecule has 0 radical (unpaired) electrons. The summed E-state index contributed by atoms with van der Waals surface area (Å²) in [5.41, 5.74) is 0.770. The second-order valence-electron chi connectivity index (χ2n) is 7.39. The van der Waals surface area contributed by atoms with Crippen LogP contribution in [0.4, 0.5) is 4.39 Å². The molecule has 0 unspecified atom stereocenters. The lowest BCUT2D eigenvalue weighted by Crippen LogP contribution is -2.43. The molecule has 0 spiro atoms. The minimum absolute atomic E-state index is 0.0600. The van der Waals surface area contributed by atoms with E-state index in [1.807, 2.05) is 6.07 Å². The number of carbonyl (C=O) groups excluding carboxylic acids is 1. The van der Waals surface area contributed by atoms with Crippen LogP contribution in [-0.2, 0) is 14.8 Å². The van der Waals surface area contributed by atoms with Crippen molar-refractivity contribution < 1.29 is 22.3 Å². The zero-order valence-corrected chi connectivity index (χ0v) is 19.1. The first kappa shape index (κ1) is 23.2. The van der Waals surface area contributed by atoms with Gasteiger partial charge in [0, 0.05) is 18.8 Å². The van der Waals surface area contributed by atoms with Gasteiger partial charge in [0.1, 0.15) is 22.6 Å². The van der Waals surface area contributed by atoms with Gasteiger partial charge >= 0.3 is 0 Å². The van der Waals surface area contributed by atoms with Gasteiger partial charge in [0.25, 0.3) is 10.0 Å². The van der Waals surface area contributed by atoms with E-state index in [-0.39, 0.29) is 29.3 Å². The van der Waals surface area contributed by atoms with E-state index in [1.54, 1.807) is 30.3 Å². The van der Waals surface area contributed by atoms with E-state index in [9.17, 15) is 17.6 Å². The van der Waals surface area contributed by atoms with Crippen molar-refractivity contribution in [3.05, 3.63) is 84.3 Å². The number of halogens is 1. The van der Waals surface area contributed by atoms with Crippen molar-refractivity contribution in [1.82, 2.24) is 15.0 Å². The first-order chi connectivity index (χ1) is 15.9. The maximum absolute atomic E-state index is 13.1. The Labute approximate surface area is 195 Å². The number of nitrogens with zero attached hydrogens (tertiary/aromatic N) is 1. The number of ether oxygens (including phenoxy) is 1. The molecule has 0 bridgehead atoms. The summed E-state index contributed by atoms with van der Waals surface area (Å²) in [5, 5.41) is 2.42. The molecule has 1 aromatic heterocycles. The molecule has 172 valence electrons. The molecule has 2 atom stereocenters. The van der Waals surface area contributed by atoms with Crippen molar-refractivity contribution in [3.8, 4) is 11.5 Å². The molecule has 2 N–H and O–H groups in total. The lowest BCUT2D eigenvalue weighted by Gasteiger charge is -2.18. The highest BCUT2D eigenvalue weighted by Crippen LogP contribution is 2.34. The van der Waals surface area contributed by atoms with Crippen LogP contribution < -0.4 is 14.8 Å². The van der Waals surface area contributed by atoms with Crippen molar-refractivity contribution in [2.45, 2.75) is 22.7 Å². The number of rotatable bonds is 7. The summed E-state index contributed by atoms with van der Waals surface area (Å²) < 4.78 is 46.2. The van der Waals surface area contributed by atoms with Crippen molar-refractivity contribution in [2.75, 3.05) is 12.3 Å². The van der Waals surface area contributed by atoms with Crippen LogP contribution in [0.2, 0.25) is 0 Å². The largest absolute Gasteiger partial charge is 0.457 e. The maximum atomic E-state index is 13.1. The van der Waals surface area contributed by atoms with Gasteiger partial charge in [-0.05, 0) is 66.3 Å². The topological polar surface area (TPSA) is 97.4 Å². The normalized spacial score (nSPS) is 18.9. The Balaban J connectivity index is 1.40. The van der Waals surface area contributed by atoms with Crippen LogP contribution in [0.3, 0.4) is 0 Å². The predicted octanol–water partition coefficient (Wildman–Crippen LogP) is 3.65. The Morgan fingerprint density at radius 3 is 2.67 bits per heavy atom. The van der Waals surface area contributed by atoms with Crippen molar-refractivity contribution in [2.24, 2.45) is 0 Å². The monoisotopic (exact) mass is 487 g/mol. The molecule has 1 amide bonds. The molecule has 0 saturated carbocycles. The van der Waals surface area contributed by atoms with Crippen molar-refractivity contribution in [3.63, 3.8) is 0 Å². The van der Waals surface area contributed by atoms with E-state index in [1.165, 1.54) is 48.3 Å². The van der Waals surface area contributed by atoms with Crippen LogP contribution in [-0.4, -0.2) is 37.6 Å². The number of thioether (sulfide) groups is 1. The summed E-state index contributed by atoms with van der Waals surface area (Å²) >= 11 is 1.49. The Morgan fingerprint density at radius 1 is 1.09 bits per heavy atom. The van der Waals surface area contributed by atoms with E-state index in [0.717, 1.165) is 5.56 Å². The first-order valence-corrected chi connectivity index (χ1v) is 12.8. The zero-order chi connectivity index (χ0) is 23.3. The fourth-order valence-corrected chi connectivity index (χ4v) is 5.56. The molecule has 7 nitrogen and oxygen atoms in total. The molecule has 4 rings (SSSR count). The molecule has 1 saturated heterocycles. The maximum Gasteiger partial charge on any atom is 0.258 e. The molecule has 10 heteroatoms. The van der Waals surface area contributed by atoms with Crippen LogP contribution >= 0.6 is 11.8 Å². The Bertz CT molecular complexity index is 1210. The minimum atomic E-state index is -3.75. The van der Waals surface area contributed by atoms with Gasteiger partial charge in [-0.15, -0.1) is 11.8 Å². The van der Waals surface area contributed by atoms with Gasteiger partial charge in [0.05, 0.1) is 0 Å². The molecule has 1 aliphatic heterocycles. The third-order valence-corrected chi connectivity index (χ3v) is 7.61. The highest BCUT2D eigenvalue weighted by atomic mass is 32.2. The second kappa shape index (κ2) is 10.3. The summed E-state index contributed by atoms with van der Waals surface area (Å²) in [5.74, 6) is 1.16. The molecule has 0 aliphatic carbocycles. The van der Waals surface area contributed by atoms with Gasteiger partial charge in [-0.25, -0.2) is 22.5 Å². The van der Waals surface area contributed by atoms with E-state index in [4.69, 9.17) is 4.74 Å². The zero-order valence-electron chi connectivity index (χ0n) is 17.5. The summed E-state index contributed by atoms with van der Waals surface area (Å²) in [6, 6.07) is 17.2. The third-order valence-electron chi connectivity index (χ3n) is 4.98. The van der Waals surface area contributed by atoms with Crippen LogP contribution in [0.5, 0.6) is 11.5 Å². The third kappa shape index (κ3) is 6.10. The lowest BCUT2D eigenvalue weighted by atomic mass is 10.1. The van der Waals surface area contributed by atoms with Crippen LogP contribution in [0.25, 0.3) is 0 Å². The Morgan fingerprint density at radius 2 is 1.91 bits per heavy atom. The number of carbonyl (C=O) groups is 1. The fraction of sp³-hybridized carbons (Fsp3) is 0.217. The van der Waals surface area contributed by atoms with Gasteiger partial charge < -0.3 is 10.1 Å². The molecular formula is C23H22FN3O4S2. The van der Waals surface area contributed by atoms with E-state index in [0.29, 0.717) is 23.7 Å². The quantitative estimate of drug-likeness (QED) is 0.528. The number of hydrogen-bond donors (Lipinski definition) is 2. The lowest BCUT2D eigenvalue weighted by molar-refractivity contribution is -0.121. The van der Waals surface area contributed by atoms with Gasteiger partial charge in [-0.3, -0.25) is 4.79 Å². The number of aromatic nitrogens is 1. The summed E-state index contributed by atoms with van der Waals surface area (Å²) in [7, 11) is -3.75. The fourth-order valence-electron chi connectivity index (χ4n) is 3.32. The Hall–Kier alpha value is -2.95. The van der Waals surface area contributed by atoms with Crippen LogP contribution in [0.1, 0.15) is 17.2 Å². The molecule has 33 heavy (non-hydrogen) atoms. The van der Waals surface area contributed by atoms with Gasteiger partial charge in [0.15, 0.2) is 5.03 Å². The standard InChI is InChI=1S/C23H22FN3O4S2/c24-17-7-9-19(10-8-17)31-20-5-3-4-16(14-20)22-23(28)27-18(11-13-32-22)15-26-33(29,30)21-6-1-2-12-25-21/h1-10,12,14,18,22,26H,11,13,15H2,(H,27,28)/t18-,22+/m0/s1. The van der Waals surface area contributed by atoms with E-state index >= 15 is 0 Å². The van der Waals surface area contributed by atoms with Gasteiger partial charge in [-0.2, -0.15) is 0 Å². The Kier molecular flexibility index (Phi) is 7.26. The number of nitrogens with one attached hydrogen (secondary N) is 2. The van der Waals surface area contributed by atoms with Crippen molar-refractivity contribution in [1.29, 1.82) is 0 Å². The molecule has 2 heterocycles. The smallest absolute Gasteiger partial charge is 0.258 e. The van der Waals surface area contributed by atoms with Crippen molar-refractivity contribution >= 4 is 27.7 Å². The SMILES string of the molecule is O=C1N[C@H](CNS(=O)(=O)c2ccccn2)CCS[C@@H]1c1cccc(Oc2ccc(F)cc2)c1. The molecule has 2 aromatic carbocycles. The average molecular weight is 488 g/mol.